The largest absolute Gasteiger partial charge is 0.480 e. The molecule has 9 heteroatoms. The Balaban J connectivity index is 2.15. The average molecular weight is 310 g/mol. The molecule has 0 unspecified atom stereocenters. The summed E-state index contributed by atoms with van der Waals surface area (Å²) >= 11 is 0. The van der Waals surface area contributed by atoms with Gasteiger partial charge in [-0.25, -0.2) is 4.98 Å². The fraction of sp³-hybridized carbons (Fsp3) is 0.231. The van der Waals surface area contributed by atoms with Crippen LogP contribution in [0.3, 0.4) is 0 Å². The molecule has 7 nitrogen and oxygen atoms in total. The topological polar surface area (TPSA) is 97.1 Å². The van der Waals surface area contributed by atoms with E-state index in [0.29, 0.717) is 0 Å². The standard InChI is InChI=1S/C13H12F2N4O3/c14-13(15,9-3-1-2-4-16-9)8-18-11-12(22)19(6-5-17-11)7-10(20)21/h1-6H,7-8H2,(H,17,18)(H,20,21). The SMILES string of the molecule is O=C(O)Cn1ccnc(NCC(F)(F)c2ccccn2)c1=O. The van der Waals surface area contributed by atoms with Crippen LogP contribution in [0, 0.1) is 0 Å². The van der Waals surface area contributed by atoms with Crippen molar-refractivity contribution in [3.63, 3.8) is 0 Å². The van der Waals surface area contributed by atoms with Crippen LogP contribution in [-0.4, -0.2) is 32.2 Å². The summed E-state index contributed by atoms with van der Waals surface area (Å²) < 4.78 is 28.7. The Morgan fingerprint density at radius 2 is 2.09 bits per heavy atom. The molecule has 2 rings (SSSR count). The van der Waals surface area contributed by atoms with Crippen LogP contribution in [0.25, 0.3) is 0 Å². The number of pyridine rings is 1. The van der Waals surface area contributed by atoms with Crippen molar-refractivity contribution in [2.75, 3.05) is 11.9 Å². The molecule has 22 heavy (non-hydrogen) atoms. The minimum Gasteiger partial charge on any atom is -0.480 e. The van der Waals surface area contributed by atoms with E-state index < -0.39 is 36.2 Å². The summed E-state index contributed by atoms with van der Waals surface area (Å²) in [5, 5.41) is 10.9. The fourth-order valence-electron chi connectivity index (χ4n) is 1.70. The molecule has 0 amide bonds. The van der Waals surface area contributed by atoms with Gasteiger partial charge < -0.3 is 10.4 Å². The van der Waals surface area contributed by atoms with Gasteiger partial charge in [-0.1, -0.05) is 6.07 Å². The maximum absolute atomic E-state index is 13.9. The molecule has 2 aromatic heterocycles. The molecule has 0 bridgehead atoms. The van der Waals surface area contributed by atoms with Gasteiger partial charge in [-0.15, -0.1) is 0 Å². The zero-order chi connectivity index (χ0) is 16.2. The maximum Gasteiger partial charge on any atom is 0.323 e. The lowest BCUT2D eigenvalue weighted by atomic mass is 10.2. The van der Waals surface area contributed by atoms with Gasteiger partial charge in [-0.05, 0) is 12.1 Å². The van der Waals surface area contributed by atoms with Gasteiger partial charge in [0, 0.05) is 18.6 Å². The van der Waals surface area contributed by atoms with Crippen LogP contribution in [0.1, 0.15) is 5.69 Å². The Hall–Kier alpha value is -2.84. The number of nitrogens with one attached hydrogen (secondary N) is 1. The molecule has 0 fully saturated rings. The molecule has 0 saturated heterocycles. The third-order valence-corrected chi connectivity index (χ3v) is 2.74. The minimum atomic E-state index is -3.30. The number of hydrogen-bond acceptors (Lipinski definition) is 5. The van der Waals surface area contributed by atoms with Gasteiger partial charge in [0.15, 0.2) is 5.82 Å². The molecule has 2 aromatic rings. The number of carboxylic acid groups (broad SMARTS) is 1. The molecular weight excluding hydrogens is 298 g/mol. The maximum atomic E-state index is 13.9. The first kappa shape index (κ1) is 15.5. The van der Waals surface area contributed by atoms with Gasteiger partial charge in [0.25, 0.3) is 5.56 Å². The molecule has 0 aliphatic rings. The van der Waals surface area contributed by atoms with Gasteiger partial charge in [0.05, 0.1) is 6.54 Å². The number of nitrogens with zero attached hydrogens (tertiary/aromatic N) is 3. The highest BCUT2D eigenvalue weighted by Gasteiger charge is 2.33. The molecule has 0 radical (unpaired) electrons. The van der Waals surface area contributed by atoms with Crippen LogP contribution in [0.4, 0.5) is 14.6 Å². The van der Waals surface area contributed by atoms with E-state index in [0.717, 1.165) is 10.8 Å². The van der Waals surface area contributed by atoms with E-state index in [2.05, 4.69) is 15.3 Å². The number of alkyl halides is 2. The zero-order valence-corrected chi connectivity index (χ0v) is 11.2. The van der Waals surface area contributed by atoms with Crippen molar-refractivity contribution in [3.8, 4) is 0 Å². The quantitative estimate of drug-likeness (QED) is 0.824. The summed E-state index contributed by atoms with van der Waals surface area (Å²) in [4.78, 5) is 29.7. The van der Waals surface area contributed by atoms with Gasteiger partial charge in [0.1, 0.15) is 12.2 Å². The monoisotopic (exact) mass is 310 g/mol. The summed E-state index contributed by atoms with van der Waals surface area (Å²) in [5.74, 6) is -4.87. The Morgan fingerprint density at radius 1 is 1.32 bits per heavy atom. The Morgan fingerprint density at radius 3 is 2.73 bits per heavy atom. The molecule has 0 aliphatic heterocycles. The summed E-state index contributed by atoms with van der Waals surface area (Å²) in [5.41, 5.74) is -1.23. The van der Waals surface area contributed by atoms with Gasteiger partial charge in [-0.2, -0.15) is 8.78 Å². The lowest BCUT2D eigenvalue weighted by Crippen LogP contribution is -2.31. The summed E-state index contributed by atoms with van der Waals surface area (Å²) in [6, 6.07) is 4.11. The lowest BCUT2D eigenvalue weighted by Gasteiger charge is -2.16. The van der Waals surface area contributed by atoms with E-state index in [4.69, 9.17) is 5.11 Å². The third-order valence-electron chi connectivity index (χ3n) is 2.74. The number of rotatable bonds is 6. The zero-order valence-electron chi connectivity index (χ0n) is 11.2. The highest BCUT2D eigenvalue weighted by atomic mass is 19.3. The highest BCUT2D eigenvalue weighted by Crippen LogP contribution is 2.25. The molecule has 116 valence electrons. The number of aromatic nitrogens is 3. The molecular formula is C13H12F2N4O3. The van der Waals surface area contributed by atoms with Crippen molar-refractivity contribution in [1.82, 2.24) is 14.5 Å². The first-order chi connectivity index (χ1) is 10.4. The molecule has 0 aromatic carbocycles. The molecule has 2 N–H and O–H groups in total. The van der Waals surface area contributed by atoms with Crippen molar-refractivity contribution >= 4 is 11.8 Å². The van der Waals surface area contributed by atoms with Crippen LogP contribution in [0.5, 0.6) is 0 Å². The molecule has 2 heterocycles. The van der Waals surface area contributed by atoms with Gasteiger partial charge in [-0.3, -0.25) is 19.1 Å². The first-order valence-corrected chi connectivity index (χ1v) is 6.20. The number of carboxylic acids is 1. The predicted molar refractivity (Wildman–Crippen MR) is 72.8 cm³/mol. The second-order valence-corrected chi connectivity index (χ2v) is 4.38. The van der Waals surface area contributed by atoms with E-state index in [1.54, 1.807) is 0 Å². The summed E-state index contributed by atoms with van der Waals surface area (Å²) in [6.45, 7) is -1.46. The average Bonchev–Trinajstić information content (AvgIpc) is 2.49. The fourth-order valence-corrected chi connectivity index (χ4v) is 1.70. The second kappa shape index (κ2) is 6.29. The highest BCUT2D eigenvalue weighted by molar-refractivity contribution is 5.66. The Labute approximate surface area is 123 Å². The summed E-state index contributed by atoms with van der Waals surface area (Å²) in [6.07, 6.45) is 3.56. The van der Waals surface area contributed by atoms with E-state index in [9.17, 15) is 18.4 Å². The number of anilines is 1. The normalized spacial score (nSPS) is 11.2. The van der Waals surface area contributed by atoms with Crippen LogP contribution < -0.4 is 10.9 Å². The Bertz CT molecular complexity index is 719. The molecule has 0 aliphatic carbocycles. The third kappa shape index (κ3) is 3.62. The Kier molecular flexibility index (Phi) is 4.44. The molecule has 0 spiro atoms. The summed E-state index contributed by atoms with van der Waals surface area (Å²) in [7, 11) is 0. The number of aliphatic carboxylic acids is 1. The van der Waals surface area contributed by atoms with Gasteiger partial charge in [0.2, 0.25) is 0 Å². The second-order valence-electron chi connectivity index (χ2n) is 4.38. The van der Waals surface area contributed by atoms with Crippen molar-refractivity contribution in [3.05, 3.63) is 52.8 Å². The van der Waals surface area contributed by atoms with Crippen molar-refractivity contribution in [1.29, 1.82) is 0 Å². The van der Waals surface area contributed by atoms with Gasteiger partial charge >= 0.3 is 11.9 Å². The minimum absolute atomic E-state index is 0.348. The van der Waals surface area contributed by atoms with Crippen molar-refractivity contribution in [2.24, 2.45) is 0 Å². The predicted octanol–water partition coefficient (Wildman–Crippen LogP) is 0.927. The van der Waals surface area contributed by atoms with Crippen LogP contribution in [0.15, 0.2) is 41.6 Å². The molecule has 0 saturated carbocycles. The van der Waals surface area contributed by atoms with E-state index >= 15 is 0 Å². The number of halogens is 2. The van der Waals surface area contributed by atoms with Crippen molar-refractivity contribution in [2.45, 2.75) is 12.5 Å². The van der Waals surface area contributed by atoms with E-state index in [1.807, 2.05) is 0 Å². The van der Waals surface area contributed by atoms with E-state index in [-0.39, 0.29) is 5.82 Å². The smallest absolute Gasteiger partial charge is 0.323 e. The molecule has 0 atom stereocenters. The number of hydrogen-bond donors (Lipinski definition) is 2. The number of carbonyl (C=O) groups is 1. The van der Waals surface area contributed by atoms with Crippen LogP contribution in [-0.2, 0) is 17.3 Å². The van der Waals surface area contributed by atoms with Crippen LogP contribution in [0.2, 0.25) is 0 Å². The lowest BCUT2D eigenvalue weighted by molar-refractivity contribution is -0.137. The first-order valence-electron chi connectivity index (χ1n) is 6.20. The van der Waals surface area contributed by atoms with E-state index in [1.165, 1.54) is 30.6 Å². The van der Waals surface area contributed by atoms with Crippen LogP contribution >= 0.6 is 0 Å². The van der Waals surface area contributed by atoms with Crippen molar-refractivity contribution < 1.29 is 18.7 Å².